The molecule has 1 aromatic carbocycles. The number of pyridine rings is 1. The highest BCUT2D eigenvalue weighted by atomic mass is 16.5. The second-order valence-electron chi connectivity index (χ2n) is 8.56. The van der Waals surface area contributed by atoms with Crippen LogP contribution in [0.25, 0.3) is 0 Å². The minimum Gasteiger partial charge on any atom is -0.497 e. The van der Waals surface area contributed by atoms with E-state index in [1.165, 1.54) is 5.56 Å². The normalized spacial score (nSPS) is 18.2. The van der Waals surface area contributed by atoms with Gasteiger partial charge in [-0.3, -0.25) is 19.5 Å². The maximum absolute atomic E-state index is 13.0. The first-order chi connectivity index (χ1) is 16.1. The summed E-state index contributed by atoms with van der Waals surface area (Å²) in [6.07, 6.45) is 3.99. The number of benzene rings is 1. The van der Waals surface area contributed by atoms with E-state index in [1.807, 2.05) is 30.3 Å². The largest absolute Gasteiger partial charge is 0.497 e. The topological polar surface area (TPSA) is 91.4 Å². The fourth-order valence-corrected chi connectivity index (χ4v) is 4.71. The lowest BCUT2D eigenvalue weighted by Crippen LogP contribution is -2.38. The van der Waals surface area contributed by atoms with Crippen molar-refractivity contribution >= 4 is 5.91 Å². The van der Waals surface area contributed by atoms with Crippen molar-refractivity contribution in [2.45, 2.75) is 38.4 Å². The van der Waals surface area contributed by atoms with Crippen LogP contribution in [0.15, 0.2) is 53.5 Å². The second-order valence-corrected chi connectivity index (χ2v) is 8.56. The second kappa shape index (κ2) is 9.15. The van der Waals surface area contributed by atoms with E-state index in [-0.39, 0.29) is 17.5 Å². The van der Waals surface area contributed by atoms with Gasteiger partial charge in [0.15, 0.2) is 0 Å². The third-order valence-corrected chi connectivity index (χ3v) is 6.44. The minimum atomic E-state index is -0.227. The van der Waals surface area contributed by atoms with E-state index < -0.39 is 0 Å². The smallest absolute Gasteiger partial charge is 0.273 e. The summed E-state index contributed by atoms with van der Waals surface area (Å²) in [6, 6.07) is 13.1. The Morgan fingerprint density at radius 2 is 2.03 bits per heavy atom. The first-order valence-electron chi connectivity index (χ1n) is 11.3. The molecule has 0 saturated carbocycles. The van der Waals surface area contributed by atoms with Gasteiger partial charge in [0.2, 0.25) is 0 Å². The number of likely N-dealkylation sites (tertiary alicyclic amines) is 1. The van der Waals surface area contributed by atoms with Crippen LogP contribution >= 0.6 is 0 Å². The van der Waals surface area contributed by atoms with E-state index in [1.54, 1.807) is 30.3 Å². The molecular formula is C25H27N5O3. The third-order valence-electron chi connectivity index (χ3n) is 6.44. The first-order valence-corrected chi connectivity index (χ1v) is 11.3. The number of amides is 1. The number of fused-ring (bicyclic) bond motifs is 1. The molecule has 1 N–H and O–H groups in total. The molecule has 0 spiro atoms. The van der Waals surface area contributed by atoms with Gasteiger partial charge in [0.1, 0.15) is 17.3 Å². The van der Waals surface area contributed by atoms with Gasteiger partial charge >= 0.3 is 0 Å². The number of methoxy groups -OCH3 is 1. The van der Waals surface area contributed by atoms with Crippen LogP contribution in [0.2, 0.25) is 0 Å². The van der Waals surface area contributed by atoms with Crippen LogP contribution in [0.5, 0.6) is 5.75 Å². The molecule has 0 aliphatic carbocycles. The van der Waals surface area contributed by atoms with Crippen molar-refractivity contribution in [2.75, 3.05) is 20.2 Å². The van der Waals surface area contributed by atoms with Crippen molar-refractivity contribution in [2.24, 2.45) is 0 Å². The van der Waals surface area contributed by atoms with Gasteiger partial charge in [-0.15, -0.1) is 0 Å². The fraction of sp³-hybridized carbons (Fsp3) is 0.360. The van der Waals surface area contributed by atoms with Gasteiger partial charge in [-0.05, 0) is 42.7 Å². The molecule has 2 aliphatic rings. The molecule has 170 valence electrons. The van der Waals surface area contributed by atoms with Crippen LogP contribution in [0.4, 0.5) is 0 Å². The van der Waals surface area contributed by atoms with Gasteiger partial charge in [-0.25, -0.2) is 4.98 Å². The Labute approximate surface area is 192 Å². The van der Waals surface area contributed by atoms with Crippen molar-refractivity contribution < 1.29 is 9.53 Å². The summed E-state index contributed by atoms with van der Waals surface area (Å²) in [7, 11) is 1.66. The molecule has 1 amide bonds. The number of hydrogen-bond acceptors (Lipinski definition) is 6. The predicted octanol–water partition coefficient (Wildman–Crippen LogP) is 2.71. The lowest BCUT2D eigenvalue weighted by molar-refractivity contribution is 0.0723. The number of carbonyl (C=O) groups excluding carboxylic acids is 1. The molecule has 8 nitrogen and oxygen atoms in total. The summed E-state index contributed by atoms with van der Waals surface area (Å²) in [6.45, 7) is 2.79. The molecule has 2 aromatic heterocycles. The van der Waals surface area contributed by atoms with E-state index in [2.05, 4.69) is 14.9 Å². The standard InChI is InChI=1S/C25H27N5O3/c1-33-18-9-7-17(8-10-18)15-29-14-11-20-19(16-29)24(31)28-23(27-20)22-6-4-13-30(22)25(32)21-5-2-3-12-26-21/h2-3,5,7-10,12,22H,4,6,11,13-16H2,1H3,(H,27,28,31)/t22-/m0/s1. The Morgan fingerprint density at radius 3 is 2.79 bits per heavy atom. The average molecular weight is 446 g/mol. The molecule has 33 heavy (non-hydrogen) atoms. The maximum atomic E-state index is 13.0. The number of H-pyrrole nitrogens is 1. The van der Waals surface area contributed by atoms with Gasteiger partial charge in [-0.1, -0.05) is 18.2 Å². The van der Waals surface area contributed by atoms with Crippen LogP contribution in [0.1, 0.15) is 52.0 Å². The Kier molecular flexibility index (Phi) is 5.92. The first kappa shape index (κ1) is 21.3. The molecule has 0 bridgehead atoms. The summed E-state index contributed by atoms with van der Waals surface area (Å²) >= 11 is 0. The van der Waals surface area contributed by atoms with Crippen LogP contribution in [0, 0.1) is 0 Å². The summed E-state index contributed by atoms with van der Waals surface area (Å²) < 4.78 is 5.23. The number of rotatable bonds is 5. The number of aromatic nitrogens is 3. The zero-order valence-electron chi connectivity index (χ0n) is 18.7. The number of nitrogens with one attached hydrogen (secondary N) is 1. The van der Waals surface area contributed by atoms with Gasteiger partial charge < -0.3 is 14.6 Å². The maximum Gasteiger partial charge on any atom is 0.273 e. The molecule has 0 radical (unpaired) electrons. The molecule has 2 aliphatic heterocycles. The lowest BCUT2D eigenvalue weighted by Gasteiger charge is -2.29. The van der Waals surface area contributed by atoms with Gasteiger partial charge in [0, 0.05) is 38.8 Å². The van der Waals surface area contributed by atoms with Crippen LogP contribution < -0.4 is 10.3 Å². The Hall–Kier alpha value is -3.52. The summed E-state index contributed by atoms with van der Waals surface area (Å²) in [5, 5.41) is 0. The Morgan fingerprint density at radius 1 is 1.18 bits per heavy atom. The Bertz CT molecular complexity index is 1190. The highest BCUT2D eigenvalue weighted by molar-refractivity contribution is 5.92. The monoisotopic (exact) mass is 445 g/mol. The van der Waals surface area contributed by atoms with Crippen LogP contribution in [-0.4, -0.2) is 50.9 Å². The highest BCUT2D eigenvalue weighted by Gasteiger charge is 2.34. The van der Waals surface area contributed by atoms with Crippen molar-refractivity contribution in [3.8, 4) is 5.75 Å². The predicted molar refractivity (Wildman–Crippen MR) is 123 cm³/mol. The van der Waals surface area contributed by atoms with Gasteiger partial charge in [0.25, 0.3) is 11.5 Å². The van der Waals surface area contributed by atoms with E-state index in [4.69, 9.17) is 9.72 Å². The van der Waals surface area contributed by atoms with Crippen molar-refractivity contribution in [3.63, 3.8) is 0 Å². The van der Waals surface area contributed by atoms with E-state index in [9.17, 15) is 9.59 Å². The number of carbonyl (C=O) groups is 1. The van der Waals surface area contributed by atoms with Crippen LogP contribution in [-0.2, 0) is 19.5 Å². The third kappa shape index (κ3) is 4.39. The SMILES string of the molecule is COc1ccc(CN2CCc3nc([C@@H]4CCCN4C(=O)c4ccccn4)[nH]c(=O)c3C2)cc1. The molecular weight excluding hydrogens is 418 g/mol. The minimum absolute atomic E-state index is 0.105. The van der Waals surface area contributed by atoms with Gasteiger partial charge in [0.05, 0.1) is 24.4 Å². The van der Waals surface area contributed by atoms with Crippen molar-refractivity contribution in [1.82, 2.24) is 24.8 Å². The van der Waals surface area contributed by atoms with Gasteiger partial charge in [-0.2, -0.15) is 0 Å². The molecule has 0 unspecified atom stereocenters. The number of ether oxygens (including phenoxy) is 1. The number of aromatic amines is 1. The van der Waals surface area contributed by atoms with Crippen molar-refractivity contribution in [1.29, 1.82) is 0 Å². The zero-order valence-corrected chi connectivity index (χ0v) is 18.7. The van der Waals surface area contributed by atoms with Crippen LogP contribution in [0.3, 0.4) is 0 Å². The zero-order chi connectivity index (χ0) is 22.8. The summed E-state index contributed by atoms with van der Waals surface area (Å²) in [5.41, 5.74) is 3.05. The summed E-state index contributed by atoms with van der Waals surface area (Å²) in [5.74, 6) is 1.30. The van der Waals surface area contributed by atoms with E-state index in [0.29, 0.717) is 31.0 Å². The molecule has 4 heterocycles. The average Bonchev–Trinajstić information content (AvgIpc) is 3.35. The number of hydrogen-bond donors (Lipinski definition) is 1. The highest BCUT2D eigenvalue weighted by Crippen LogP contribution is 2.31. The molecule has 5 rings (SSSR count). The van der Waals surface area contributed by atoms with E-state index >= 15 is 0 Å². The number of nitrogens with zero attached hydrogens (tertiary/aromatic N) is 4. The molecule has 1 saturated heterocycles. The quantitative estimate of drug-likeness (QED) is 0.649. The van der Waals surface area contributed by atoms with Crippen molar-refractivity contribution in [3.05, 3.63) is 87.4 Å². The molecule has 1 fully saturated rings. The lowest BCUT2D eigenvalue weighted by atomic mass is 10.0. The van der Waals surface area contributed by atoms with E-state index in [0.717, 1.165) is 42.9 Å². The fourth-order valence-electron chi connectivity index (χ4n) is 4.71. The Balaban J connectivity index is 1.33. The summed E-state index contributed by atoms with van der Waals surface area (Å²) in [4.78, 5) is 42.1. The molecule has 8 heteroatoms. The molecule has 3 aromatic rings. The molecule has 1 atom stereocenters.